The second kappa shape index (κ2) is 11.9. The molecule has 0 radical (unpaired) electrons. The fourth-order valence-electron chi connectivity index (χ4n) is 8.76. The second-order valence-corrected chi connectivity index (χ2v) is 14.3. The minimum atomic E-state index is 0.640. The van der Waals surface area contributed by atoms with Crippen molar-refractivity contribution in [3.63, 3.8) is 0 Å². The molecule has 0 N–H and O–H groups in total. The molecular formula is C51H30N4O. The van der Waals surface area contributed by atoms with E-state index in [-0.39, 0.29) is 0 Å². The minimum absolute atomic E-state index is 0.640. The molecule has 3 aromatic heterocycles. The highest BCUT2D eigenvalue weighted by Crippen LogP contribution is 2.44. The van der Waals surface area contributed by atoms with Crippen LogP contribution < -0.4 is 0 Å². The van der Waals surface area contributed by atoms with Crippen LogP contribution in [0.15, 0.2) is 186 Å². The van der Waals surface area contributed by atoms with Gasteiger partial charge in [-0.25, -0.2) is 15.0 Å². The predicted molar refractivity (Wildman–Crippen MR) is 230 cm³/mol. The summed E-state index contributed by atoms with van der Waals surface area (Å²) in [6, 6.07) is 63.8. The SMILES string of the molecule is c1ccc(-c2nc(-c3ccccc3)nc(-c3cccc4c5ccccc5c5cc(-n6c7ccccc7c7c8oc9ccccc9c8ccc76)ccc5c34)n2)cc1. The second-order valence-electron chi connectivity index (χ2n) is 14.3. The Balaban J connectivity index is 1.15. The Bertz CT molecular complexity index is 3470. The van der Waals surface area contributed by atoms with Gasteiger partial charge < -0.3 is 8.98 Å². The van der Waals surface area contributed by atoms with Gasteiger partial charge in [0.2, 0.25) is 0 Å². The highest BCUT2D eigenvalue weighted by atomic mass is 16.3. The van der Waals surface area contributed by atoms with Crippen molar-refractivity contribution in [2.75, 3.05) is 0 Å². The van der Waals surface area contributed by atoms with E-state index in [0.717, 1.165) is 87.7 Å². The molecule has 0 aliphatic heterocycles. The summed E-state index contributed by atoms with van der Waals surface area (Å²) in [5.41, 5.74) is 7.99. The summed E-state index contributed by atoms with van der Waals surface area (Å²) in [7, 11) is 0. The third-order valence-electron chi connectivity index (χ3n) is 11.2. The van der Waals surface area contributed by atoms with E-state index in [0.29, 0.717) is 17.5 Å². The molecule has 0 atom stereocenters. The van der Waals surface area contributed by atoms with Crippen molar-refractivity contribution in [3.8, 4) is 39.9 Å². The molecular weight excluding hydrogens is 685 g/mol. The number of benzene rings is 9. The monoisotopic (exact) mass is 714 g/mol. The van der Waals surface area contributed by atoms with Crippen molar-refractivity contribution >= 4 is 76.1 Å². The number of aromatic nitrogens is 4. The molecule has 0 bridgehead atoms. The lowest BCUT2D eigenvalue weighted by Gasteiger charge is -2.16. The highest BCUT2D eigenvalue weighted by molar-refractivity contribution is 6.29. The van der Waals surface area contributed by atoms with Crippen molar-refractivity contribution in [2.45, 2.75) is 0 Å². The number of para-hydroxylation sites is 2. The molecule has 0 aliphatic rings. The van der Waals surface area contributed by atoms with Crippen LogP contribution in [0.3, 0.4) is 0 Å². The van der Waals surface area contributed by atoms with E-state index in [1.165, 1.54) is 10.8 Å². The molecule has 56 heavy (non-hydrogen) atoms. The molecule has 260 valence electrons. The molecule has 12 aromatic rings. The zero-order chi connectivity index (χ0) is 36.7. The van der Waals surface area contributed by atoms with Gasteiger partial charge in [-0.1, -0.05) is 146 Å². The average molecular weight is 715 g/mol. The summed E-state index contributed by atoms with van der Waals surface area (Å²) in [5, 5.41) is 11.5. The third kappa shape index (κ3) is 4.52. The van der Waals surface area contributed by atoms with E-state index in [9.17, 15) is 0 Å². The van der Waals surface area contributed by atoms with Crippen molar-refractivity contribution < 1.29 is 4.42 Å². The first kappa shape index (κ1) is 30.8. The maximum absolute atomic E-state index is 6.60. The zero-order valence-corrected chi connectivity index (χ0v) is 30.0. The largest absolute Gasteiger partial charge is 0.455 e. The lowest BCUT2D eigenvalue weighted by molar-refractivity contribution is 0.673. The third-order valence-corrected chi connectivity index (χ3v) is 11.2. The van der Waals surface area contributed by atoms with Gasteiger partial charge >= 0.3 is 0 Å². The van der Waals surface area contributed by atoms with Crippen molar-refractivity contribution in [1.82, 2.24) is 19.5 Å². The number of hydrogen-bond donors (Lipinski definition) is 0. The van der Waals surface area contributed by atoms with E-state index in [4.69, 9.17) is 19.4 Å². The van der Waals surface area contributed by atoms with Gasteiger partial charge in [0, 0.05) is 43.9 Å². The van der Waals surface area contributed by atoms with Crippen LogP contribution in [0.2, 0.25) is 0 Å². The van der Waals surface area contributed by atoms with Crippen LogP contribution >= 0.6 is 0 Å². The molecule has 0 saturated heterocycles. The van der Waals surface area contributed by atoms with Gasteiger partial charge in [-0.15, -0.1) is 0 Å². The Morgan fingerprint density at radius 2 is 0.929 bits per heavy atom. The maximum atomic E-state index is 6.60. The Labute approximate surface area is 320 Å². The lowest BCUT2D eigenvalue weighted by Crippen LogP contribution is -2.01. The van der Waals surface area contributed by atoms with Gasteiger partial charge in [0.25, 0.3) is 0 Å². The van der Waals surface area contributed by atoms with Crippen LogP contribution in [0, 0.1) is 0 Å². The first-order chi connectivity index (χ1) is 27.8. The molecule has 0 aliphatic carbocycles. The van der Waals surface area contributed by atoms with Gasteiger partial charge in [0.15, 0.2) is 17.5 Å². The van der Waals surface area contributed by atoms with Crippen LogP contribution in [0.4, 0.5) is 0 Å². The summed E-state index contributed by atoms with van der Waals surface area (Å²) in [6.45, 7) is 0. The fourth-order valence-corrected chi connectivity index (χ4v) is 8.76. The predicted octanol–water partition coefficient (Wildman–Crippen LogP) is 13.3. The molecule has 5 heteroatoms. The molecule has 0 fully saturated rings. The van der Waals surface area contributed by atoms with Crippen LogP contribution in [-0.2, 0) is 0 Å². The molecule has 0 amide bonds. The van der Waals surface area contributed by atoms with Crippen LogP contribution in [0.1, 0.15) is 0 Å². The fraction of sp³-hybridized carbons (Fsp3) is 0. The minimum Gasteiger partial charge on any atom is -0.455 e. The summed E-state index contributed by atoms with van der Waals surface area (Å²) in [5.74, 6) is 1.92. The van der Waals surface area contributed by atoms with Crippen LogP contribution in [0.5, 0.6) is 0 Å². The standard InChI is InChI=1S/C51H30N4O/c1-3-14-31(15-4-1)49-52-50(32-16-5-2-6-17-32)54-51(53-49)41-23-13-22-37-34-18-7-8-19-35(34)42-30-33(26-27-38(42)46(37)41)55-43-24-11-9-21-40(43)47-44(55)29-28-39-36-20-10-12-25-45(36)56-48(39)47/h1-30H. The van der Waals surface area contributed by atoms with Crippen molar-refractivity contribution in [1.29, 1.82) is 0 Å². The summed E-state index contributed by atoms with van der Waals surface area (Å²) >= 11 is 0. The number of hydrogen-bond acceptors (Lipinski definition) is 4. The van der Waals surface area contributed by atoms with E-state index >= 15 is 0 Å². The normalized spacial score (nSPS) is 11.9. The van der Waals surface area contributed by atoms with Crippen molar-refractivity contribution in [3.05, 3.63) is 182 Å². The molecule has 0 saturated carbocycles. The van der Waals surface area contributed by atoms with Gasteiger partial charge in [-0.3, -0.25) is 0 Å². The van der Waals surface area contributed by atoms with Gasteiger partial charge in [-0.2, -0.15) is 0 Å². The van der Waals surface area contributed by atoms with Gasteiger partial charge in [0.1, 0.15) is 11.2 Å². The van der Waals surface area contributed by atoms with Crippen molar-refractivity contribution in [2.24, 2.45) is 0 Å². The van der Waals surface area contributed by atoms with Gasteiger partial charge in [-0.05, 0) is 63.3 Å². The maximum Gasteiger partial charge on any atom is 0.164 e. The topological polar surface area (TPSA) is 56.7 Å². The molecule has 5 nitrogen and oxygen atoms in total. The first-order valence-corrected chi connectivity index (χ1v) is 18.9. The van der Waals surface area contributed by atoms with Crippen LogP contribution in [-0.4, -0.2) is 19.5 Å². The Kier molecular flexibility index (Phi) is 6.56. The first-order valence-electron chi connectivity index (χ1n) is 18.9. The number of rotatable bonds is 4. The summed E-state index contributed by atoms with van der Waals surface area (Å²) < 4.78 is 8.98. The number of fused-ring (bicyclic) bond motifs is 13. The summed E-state index contributed by atoms with van der Waals surface area (Å²) in [6.07, 6.45) is 0. The molecule has 12 rings (SSSR count). The van der Waals surface area contributed by atoms with E-state index < -0.39 is 0 Å². The number of nitrogens with zero attached hydrogens (tertiary/aromatic N) is 4. The molecule has 9 aromatic carbocycles. The quantitative estimate of drug-likeness (QED) is 0.170. The Morgan fingerprint density at radius 1 is 0.357 bits per heavy atom. The highest BCUT2D eigenvalue weighted by Gasteiger charge is 2.21. The molecule has 3 heterocycles. The smallest absolute Gasteiger partial charge is 0.164 e. The van der Waals surface area contributed by atoms with Gasteiger partial charge in [0.05, 0.1) is 16.4 Å². The van der Waals surface area contributed by atoms with E-state index in [2.05, 4.69) is 144 Å². The zero-order valence-electron chi connectivity index (χ0n) is 30.0. The lowest BCUT2D eigenvalue weighted by atomic mass is 9.91. The Morgan fingerprint density at radius 3 is 1.68 bits per heavy atom. The molecule has 0 unspecified atom stereocenters. The summed E-state index contributed by atoms with van der Waals surface area (Å²) in [4.78, 5) is 15.3. The average Bonchev–Trinajstić information content (AvgIpc) is 3.82. The number of furan rings is 1. The molecule has 0 spiro atoms. The Hall–Kier alpha value is -7.63. The van der Waals surface area contributed by atoms with E-state index in [1.54, 1.807) is 0 Å². The van der Waals surface area contributed by atoms with Crippen LogP contribution in [0.25, 0.3) is 116 Å². The van der Waals surface area contributed by atoms with E-state index in [1.807, 2.05) is 42.5 Å².